The van der Waals surface area contributed by atoms with Crippen LogP contribution in [0.1, 0.15) is 126 Å². The lowest BCUT2D eigenvalue weighted by Gasteiger charge is -2.23. The van der Waals surface area contributed by atoms with E-state index in [4.69, 9.17) is 18.9 Å². The van der Waals surface area contributed by atoms with Crippen LogP contribution in [0.5, 0.6) is 0 Å². The summed E-state index contributed by atoms with van der Waals surface area (Å²) < 4.78 is 20.2. The predicted molar refractivity (Wildman–Crippen MR) is 186 cm³/mol. The van der Waals surface area contributed by atoms with E-state index in [1.165, 1.54) is 6.92 Å². The van der Waals surface area contributed by atoms with Crippen LogP contribution in [-0.4, -0.2) is 97.6 Å². The summed E-state index contributed by atoms with van der Waals surface area (Å²) in [4.78, 5) is 99.4. The van der Waals surface area contributed by atoms with Gasteiger partial charge in [0.1, 0.15) is 29.5 Å². The van der Waals surface area contributed by atoms with Crippen LogP contribution in [0.25, 0.3) is 0 Å². The zero-order valence-corrected chi connectivity index (χ0v) is 31.4. The second-order valence-corrected chi connectivity index (χ2v) is 12.9. The molecule has 0 aromatic rings. The first-order valence-electron chi connectivity index (χ1n) is 17.9. The number of Topliss-reactive ketones (excluding diaryl/α,β-unsaturated/α-hetero) is 1. The molecule has 51 heavy (non-hydrogen) atoms. The van der Waals surface area contributed by atoms with Gasteiger partial charge in [-0.1, -0.05) is 19.3 Å². The Morgan fingerprint density at radius 1 is 0.569 bits per heavy atom. The molecule has 0 aliphatic carbocycles. The highest BCUT2D eigenvalue weighted by atomic mass is 16.6. The molecule has 0 saturated heterocycles. The van der Waals surface area contributed by atoms with Crippen molar-refractivity contribution in [2.45, 2.75) is 149 Å². The standard InChI is InChI=1S/C35H60N4O12/c1-8-48-30(43)22-20-27(33(46)50-10-3)39-31(44)25(19-21-29(42)38-26(18-17-24(4)40)32(45)49-9-2)37-28(41)16-14-12-11-13-15-23-36-34(47)51-35(5,6)7/h25-27H,8-23H2,1-7H3,(H,36,47)(H,37,41)(H,38,42)(H,39,44). The Labute approximate surface area is 301 Å². The van der Waals surface area contributed by atoms with E-state index >= 15 is 0 Å². The first-order chi connectivity index (χ1) is 24.0. The zero-order chi connectivity index (χ0) is 38.8. The van der Waals surface area contributed by atoms with Gasteiger partial charge in [-0.25, -0.2) is 14.4 Å². The lowest BCUT2D eigenvalue weighted by atomic mass is 10.1. The number of ketones is 1. The number of esters is 3. The zero-order valence-electron chi connectivity index (χ0n) is 31.4. The number of unbranched alkanes of at least 4 members (excludes halogenated alkanes) is 4. The van der Waals surface area contributed by atoms with E-state index in [0.29, 0.717) is 19.4 Å². The molecule has 16 heteroatoms. The molecule has 0 fully saturated rings. The van der Waals surface area contributed by atoms with Crippen LogP contribution < -0.4 is 21.3 Å². The van der Waals surface area contributed by atoms with Crippen molar-refractivity contribution in [2.75, 3.05) is 26.4 Å². The number of amides is 4. The summed E-state index contributed by atoms with van der Waals surface area (Å²) in [6.07, 6.45) is 2.49. The molecule has 0 heterocycles. The Bertz CT molecular complexity index is 1140. The highest BCUT2D eigenvalue weighted by Crippen LogP contribution is 2.10. The Kier molecular flexibility index (Phi) is 24.3. The summed E-state index contributed by atoms with van der Waals surface area (Å²) in [6, 6.07) is -3.55. The first kappa shape index (κ1) is 46.8. The summed E-state index contributed by atoms with van der Waals surface area (Å²) in [5.74, 6) is -4.06. The number of ether oxygens (including phenoxy) is 4. The van der Waals surface area contributed by atoms with Crippen molar-refractivity contribution in [1.29, 1.82) is 0 Å². The molecule has 4 N–H and O–H groups in total. The molecule has 0 radical (unpaired) electrons. The van der Waals surface area contributed by atoms with Gasteiger partial charge in [-0.3, -0.25) is 19.2 Å². The molecule has 3 unspecified atom stereocenters. The molecule has 0 aliphatic rings. The van der Waals surface area contributed by atoms with Crippen LogP contribution in [-0.2, 0) is 52.5 Å². The maximum atomic E-state index is 13.4. The van der Waals surface area contributed by atoms with Crippen molar-refractivity contribution >= 4 is 47.5 Å². The molecular weight excluding hydrogens is 668 g/mol. The lowest BCUT2D eigenvalue weighted by Crippen LogP contribution is -2.52. The van der Waals surface area contributed by atoms with Gasteiger partial charge in [-0.05, 0) is 80.6 Å². The molecule has 0 aliphatic heterocycles. The fraction of sp³-hybridized carbons (Fsp3) is 0.771. The van der Waals surface area contributed by atoms with Gasteiger partial charge in [0, 0.05) is 32.2 Å². The van der Waals surface area contributed by atoms with Gasteiger partial charge in [0.2, 0.25) is 17.7 Å². The number of hydrogen-bond acceptors (Lipinski definition) is 12. The van der Waals surface area contributed by atoms with Crippen LogP contribution in [0, 0.1) is 0 Å². The third-order valence-electron chi connectivity index (χ3n) is 7.08. The van der Waals surface area contributed by atoms with E-state index in [0.717, 1.165) is 19.3 Å². The van der Waals surface area contributed by atoms with Gasteiger partial charge in [0.25, 0.3) is 0 Å². The van der Waals surface area contributed by atoms with Crippen molar-refractivity contribution in [3.05, 3.63) is 0 Å². The van der Waals surface area contributed by atoms with E-state index in [1.54, 1.807) is 41.5 Å². The lowest BCUT2D eigenvalue weighted by molar-refractivity contribution is -0.149. The van der Waals surface area contributed by atoms with Crippen LogP contribution in [0.15, 0.2) is 0 Å². The minimum absolute atomic E-state index is 0.0243. The third kappa shape index (κ3) is 24.5. The second-order valence-electron chi connectivity index (χ2n) is 12.9. The van der Waals surface area contributed by atoms with Crippen LogP contribution >= 0.6 is 0 Å². The maximum Gasteiger partial charge on any atom is 0.407 e. The van der Waals surface area contributed by atoms with Crippen molar-refractivity contribution in [1.82, 2.24) is 21.3 Å². The molecule has 4 amide bonds. The molecule has 3 atom stereocenters. The highest BCUT2D eigenvalue weighted by molar-refractivity contribution is 5.92. The fourth-order valence-electron chi connectivity index (χ4n) is 4.62. The van der Waals surface area contributed by atoms with E-state index in [9.17, 15) is 38.4 Å². The normalized spacial score (nSPS) is 12.7. The number of rotatable bonds is 26. The minimum atomic E-state index is -1.25. The number of hydrogen-bond donors (Lipinski definition) is 4. The topological polar surface area (TPSA) is 222 Å². The molecule has 0 spiro atoms. The molecule has 0 aromatic heterocycles. The Morgan fingerprint density at radius 3 is 1.63 bits per heavy atom. The largest absolute Gasteiger partial charge is 0.466 e. The second kappa shape index (κ2) is 26.6. The van der Waals surface area contributed by atoms with Crippen molar-refractivity contribution in [3.8, 4) is 0 Å². The summed E-state index contributed by atoms with van der Waals surface area (Å²) in [7, 11) is 0. The number of nitrogens with one attached hydrogen (secondary N) is 4. The van der Waals surface area contributed by atoms with E-state index in [-0.39, 0.29) is 70.5 Å². The molecule has 0 saturated carbocycles. The highest BCUT2D eigenvalue weighted by Gasteiger charge is 2.29. The van der Waals surface area contributed by atoms with Gasteiger partial charge < -0.3 is 45.0 Å². The average molecular weight is 729 g/mol. The van der Waals surface area contributed by atoms with E-state index in [1.807, 2.05) is 0 Å². The Balaban J connectivity index is 5.43. The molecule has 0 bridgehead atoms. The third-order valence-corrected chi connectivity index (χ3v) is 7.08. The summed E-state index contributed by atoms with van der Waals surface area (Å²) in [6.45, 7) is 12.2. The Morgan fingerprint density at radius 2 is 1.06 bits per heavy atom. The summed E-state index contributed by atoms with van der Waals surface area (Å²) in [5.41, 5.74) is -0.576. The van der Waals surface area contributed by atoms with Crippen LogP contribution in [0.2, 0.25) is 0 Å². The van der Waals surface area contributed by atoms with E-state index < -0.39 is 65.4 Å². The van der Waals surface area contributed by atoms with Gasteiger partial charge in [0.15, 0.2) is 0 Å². The molecule has 292 valence electrons. The molecule has 0 aromatic carbocycles. The van der Waals surface area contributed by atoms with Gasteiger partial charge in [-0.2, -0.15) is 0 Å². The number of alkyl carbamates (subject to hydrolysis) is 1. The van der Waals surface area contributed by atoms with Crippen molar-refractivity contribution in [3.63, 3.8) is 0 Å². The minimum Gasteiger partial charge on any atom is -0.466 e. The Hall–Kier alpha value is -4.24. The number of carbonyl (C=O) groups is 8. The predicted octanol–water partition coefficient (Wildman–Crippen LogP) is 2.93. The number of carbonyl (C=O) groups excluding carboxylic acids is 8. The van der Waals surface area contributed by atoms with Crippen LogP contribution in [0.4, 0.5) is 4.79 Å². The molecular formula is C35H60N4O12. The monoisotopic (exact) mass is 728 g/mol. The van der Waals surface area contributed by atoms with E-state index in [2.05, 4.69) is 21.3 Å². The molecule has 16 nitrogen and oxygen atoms in total. The first-order valence-corrected chi connectivity index (χ1v) is 17.9. The average Bonchev–Trinajstić information content (AvgIpc) is 3.03. The smallest absolute Gasteiger partial charge is 0.407 e. The fourth-order valence-corrected chi connectivity index (χ4v) is 4.62. The SMILES string of the molecule is CCOC(=O)CCC(NC(=O)C(CCC(=O)NC(CCC(C)=O)C(=O)OCC)NC(=O)CCCCCCCNC(=O)OC(C)(C)C)C(=O)OCC. The molecule has 0 rings (SSSR count). The maximum absolute atomic E-state index is 13.4. The van der Waals surface area contributed by atoms with Crippen LogP contribution in [0.3, 0.4) is 0 Å². The van der Waals surface area contributed by atoms with Gasteiger partial charge in [-0.15, -0.1) is 0 Å². The van der Waals surface area contributed by atoms with Crippen molar-refractivity contribution < 1.29 is 57.3 Å². The van der Waals surface area contributed by atoms with Crippen molar-refractivity contribution in [2.24, 2.45) is 0 Å². The quantitative estimate of drug-likeness (QED) is 0.0574. The van der Waals surface area contributed by atoms with Gasteiger partial charge in [0.05, 0.1) is 19.8 Å². The van der Waals surface area contributed by atoms with Gasteiger partial charge >= 0.3 is 24.0 Å². The summed E-state index contributed by atoms with van der Waals surface area (Å²) >= 11 is 0. The summed E-state index contributed by atoms with van der Waals surface area (Å²) in [5, 5.41) is 10.4.